The SMILES string of the molecule is CCCOc1ccc(/C=N/NC(=S)Nc2ccccc2)cc1OC. The fraction of sp³-hybridized carbons (Fsp3) is 0.222. The fourth-order valence-corrected chi connectivity index (χ4v) is 2.11. The molecule has 6 heteroatoms. The topological polar surface area (TPSA) is 54.9 Å². The van der Waals surface area contributed by atoms with Crippen molar-refractivity contribution in [3.8, 4) is 11.5 Å². The zero-order valence-corrected chi connectivity index (χ0v) is 14.6. The second kappa shape index (κ2) is 9.52. The van der Waals surface area contributed by atoms with Crippen LogP contribution >= 0.6 is 12.2 Å². The van der Waals surface area contributed by atoms with Crippen LogP contribution < -0.4 is 20.2 Å². The molecule has 0 aromatic heterocycles. The summed E-state index contributed by atoms with van der Waals surface area (Å²) in [6.45, 7) is 2.72. The van der Waals surface area contributed by atoms with Gasteiger partial charge in [-0.05, 0) is 54.5 Å². The lowest BCUT2D eigenvalue weighted by Gasteiger charge is -2.10. The van der Waals surface area contributed by atoms with Gasteiger partial charge in [0.2, 0.25) is 0 Å². The molecule has 24 heavy (non-hydrogen) atoms. The second-order valence-electron chi connectivity index (χ2n) is 4.95. The Morgan fingerprint density at radius 1 is 1.17 bits per heavy atom. The summed E-state index contributed by atoms with van der Waals surface area (Å²) in [6.07, 6.45) is 2.62. The van der Waals surface area contributed by atoms with Crippen molar-refractivity contribution in [1.29, 1.82) is 0 Å². The number of hydrogen-bond acceptors (Lipinski definition) is 4. The molecule has 126 valence electrons. The van der Waals surface area contributed by atoms with Crippen LogP contribution in [-0.2, 0) is 0 Å². The summed E-state index contributed by atoms with van der Waals surface area (Å²) in [5.74, 6) is 1.41. The van der Waals surface area contributed by atoms with Crippen molar-refractivity contribution in [2.75, 3.05) is 19.0 Å². The van der Waals surface area contributed by atoms with Gasteiger partial charge in [-0.25, -0.2) is 0 Å². The quantitative estimate of drug-likeness (QED) is 0.455. The summed E-state index contributed by atoms with van der Waals surface area (Å²) >= 11 is 5.19. The van der Waals surface area contributed by atoms with Crippen LogP contribution in [0.15, 0.2) is 53.6 Å². The smallest absolute Gasteiger partial charge is 0.191 e. The summed E-state index contributed by atoms with van der Waals surface area (Å²) in [5, 5.41) is 7.60. The molecule has 2 aromatic carbocycles. The number of ether oxygens (including phenoxy) is 2. The molecular weight excluding hydrogens is 322 g/mol. The summed E-state index contributed by atoms with van der Waals surface area (Å²) in [5.41, 5.74) is 4.57. The summed E-state index contributed by atoms with van der Waals surface area (Å²) in [7, 11) is 1.62. The van der Waals surface area contributed by atoms with Crippen molar-refractivity contribution in [3.05, 3.63) is 54.1 Å². The number of nitrogens with one attached hydrogen (secondary N) is 2. The van der Waals surface area contributed by atoms with Crippen molar-refractivity contribution in [2.45, 2.75) is 13.3 Å². The number of para-hydroxylation sites is 1. The average Bonchev–Trinajstić information content (AvgIpc) is 2.61. The molecule has 0 aliphatic heterocycles. The number of rotatable bonds is 7. The zero-order valence-electron chi connectivity index (χ0n) is 13.8. The Bertz CT molecular complexity index is 690. The van der Waals surface area contributed by atoms with Crippen molar-refractivity contribution >= 4 is 29.2 Å². The maximum Gasteiger partial charge on any atom is 0.191 e. The van der Waals surface area contributed by atoms with Crippen molar-refractivity contribution in [3.63, 3.8) is 0 Å². The Labute approximate surface area is 147 Å². The van der Waals surface area contributed by atoms with E-state index in [1.54, 1.807) is 13.3 Å². The molecule has 0 heterocycles. The van der Waals surface area contributed by atoms with E-state index in [4.69, 9.17) is 21.7 Å². The van der Waals surface area contributed by atoms with E-state index in [2.05, 4.69) is 22.8 Å². The van der Waals surface area contributed by atoms with Gasteiger partial charge in [-0.2, -0.15) is 5.10 Å². The molecule has 0 unspecified atom stereocenters. The molecule has 0 saturated heterocycles. The fourth-order valence-electron chi connectivity index (χ4n) is 1.94. The molecule has 2 aromatic rings. The van der Waals surface area contributed by atoms with Crippen LogP contribution in [0.25, 0.3) is 0 Å². The summed E-state index contributed by atoms with van der Waals surface area (Å²) in [6, 6.07) is 15.3. The summed E-state index contributed by atoms with van der Waals surface area (Å²) in [4.78, 5) is 0. The van der Waals surface area contributed by atoms with E-state index < -0.39 is 0 Å². The number of methoxy groups -OCH3 is 1. The molecule has 0 amide bonds. The molecule has 0 fully saturated rings. The molecule has 0 bridgehead atoms. The Balaban J connectivity index is 1.92. The predicted octanol–water partition coefficient (Wildman–Crippen LogP) is 3.80. The van der Waals surface area contributed by atoms with Crippen LogP contribution in [0.4, 0.5) is 5.69 Å². The minimum absolute atomic E-state index is 0.423. The molecule has 0 saturated carbocycles. The van der Waals surface area contributed by atoms with Crippen LogP contribution in [0.2, 0.25) is 0 Å². The Morgan fingerprint density at radius 2 is 1.96 bits per heavy atom. The van der Waals surface area contributed by atoms with Gasteiger partial charge in [0.05, 0.1) is 19.9 Å². The van der Waals surface area contributed by atoms with Gasteiger partial charge in [-0.1, -0.05) is 25.1 Å². The first-order chi connectivity index (χ1) is 11.7. The molecule has 0 spiro atoms. The first-order valence-electron chi connectivity index (χ1n) is 7.69. The monoisotopic (exact) mass is 343 g/mol. The molecule has 0 aliphatic carbocycles. The standard InChI is InChI=1S/C18H21N3O2S/c1-3-11-23-16-10-9-14(12-17(16)22-2)13-19-21-18(24)20-15-7-5-4-6-8-15/h4-10,12-13H,3,11H2,1-2H3,(H2,20,21,24)/b19-13+. The maximum absolute atomic E-state index is 5.63. The highest BCUT2D eigenvalue weighted by atomic mass is 32.1. The van der Waals surface area contributed by atoms with Crippen LogP contribution in [0.5, 0.6) is 11.5 Å². The Morgan fingerprint density at radius 3 is 2.67 bits per heavy atom. The minimum atomic E-state index is 0.423. The number of anilines is 1. The van der Waals surface area contributed by atoms with Crippen molar-refractivity contribution < 1.29 is 9.47 Å². The normalized spacial score (nSPS) is 10.4. The highest BCUT2D eigenvalue weighted by molar-refractivity contribution is 7.80. The van der Waals surface area contributed by atoms with Gasteiger partial charge in [-0.3, -0.25) is 5.43 Å². The lowest BCUT2D eigenvalue weighted by molar-refractivity contribution is 0.294. The van der Waals surface area contributed by atoms with Crippen LogP contribution in [0.3, 0.4) is 0 Å². The lowest BCUT2D eigenvalue weighted by Crippen LogP contribution is -2.23. The maximum atomic E-state index is 5.63. The highest BCUT2D eigenvalue weighted by Gasteiger charge is 2.04. The highest BCUT2D eigenvalue weighted by Crippen LogP contribution is 2.27. The van der Waals surface area contributed by atoms with E-state index in [1.165, 1.54) is 0 Å². The number of benzene rings is 2. The van der Waals surface area contributed by atoms with Gasteiger partial charge < -0.3 is 14.8 Å². The molecule has 2 rings (SSSR count). The van der Waals surface area contributed by atoms with Crippen molar-refractivity contribution in [1.82, 2.24) is 5.43 Å². The summed E-state index contributed by atoms with van der Waals surface area (Å²) < 4.78 is 11.0. The Hall–Kier alpha value is -2.60. The van der Waals surface area contributed by atoms with E-state index in [1.807, 2.05) is 48.5 Å². The molecule has 0 atom stereocenters. The molecule has 5 nitrogen and oxygen atoms in total. The van der Waals surface area contributed by atoms with Crippen LogP contribution in [-0.4, -0.2) is 25.0 Å². The van der Waals surface area contributed by atoms with E-state index in [9.17, 15) is 0 Å². The lowest BCUT2D eigenvalue weighted by atomic mass is 10.2. The first-order valence-corrected chi connectivity index (χ1v) is 8.09. The van der Waals surface area contributed by atoms with Gasteiger partial charge in [0.1, 0.15) is 0 Å². The number of hydrogen-bond donors (Lipinski definition) is 2. The molecule has 0 aliphatic rings. The van der Waals surface area contributed by atoms with Crippen LogP contribution in [0.1, 0.15) is 18.9 Å². The Kier molecular flexibility index (Phi) is 7.04. The molecule has 0 radical (unpaired) electrons. The van der Waals surface area contributed by atoms with Gasteiger partial charge in [0.25, 0.3) is 0 Å². The third kappa shape index (κ3) is 5.55. The van der Waals surface area contributed by atoms with Gasteiger partial charge in [-0.15, -0.1) is 0 Å². The van der Waals surface area contributed by atoms with E-state index in [-0.39, 0.29) is 0 Å². The third-order valence-corrected chi connectivity index (χ3v) is 3.25. The van der Waals surface area contributed by atoms with E-state index in [0.29, 0.717) is 17.5 Å². The molecule has 2 N–H and O–H groups in total. The van der Waals surface area contributed by atoms with Gasteiger partial charge in [0, 0.05) is 5.69 Å². The van der Waals surface area contributed by atoms with Gasteiger partial charge >= 0.3 is 0 Å². The predicted molar refractivity (Wildman–Crippen MR) is 102 cm³/mol. The largest absolute Gasteiger partial charge is 0.493 e. The average molecular weight is 343 g/mol. The number of thiocarbonyl (C=S) groups is 1. The number of nitrogens with zero attached hydrogens (tertiary/aromatic N) is 1. The molecular formula is C18H21N3O2S. The third-order valence-electron chi connectivity index (χ3n) is 3.06. The van der Waals surface area contributed by atoms with E-state index in [0.717, 1.165) is 23.4 Å². The van der Waals surface area contributed by atoms with E-state index >= 15 is 0 Å². The van der Waals surface area contributed by atoms with Gasteiger partial charge in [0.15, 0.2) is 16.6 Å². The second-order valence-corrected chi connectivity index (χ2v) is 5.36. The van der Waals surface area contributed by atoms with Crippen molar-refractivity contribution in [2.24, 2.45) is 5.10 Å². The van der Waals surface area contributed by atoms with Crippen LogP contribution in [0, 0.1) is 0 Å². The minimum Gasteiger partial charge on any atom is -0.493 e. The number of hydrazone groups is 1. The zero-order chi connectivity index (χ0) is 17.2. The first kappa shape index (κ1) is 17.7.